The van der Waals surface area contributed by atoms with E-state index in [-0.39, 0.29) is 35.2 Å². The zero-order valence-electron chi connectivity index (χ0n) is 16.5. The van der Waals surface area contributed by atoms with Crippen LogP contribution in [0.3, 0.4) is 0 Å². The van der Waals surface area contributed by atoms with Crippen LogP contribution in [0.15, 0.2) is 35.7 Å². The first-order valence-electron chi connectivity index (χ1n) is 10.0. The molecule has 4 rings (SSSR count). The van der Waals surface area contributed by atoms with Crippen molar-refractivity contribution in [2.45, 2.75) is 56.3 Å². The largest absolute Gasteiger partial charge is 0.335 e. The second kappa shape index (κ2) is 8.47. The Morgan fingerprint density at radius 3 is 2.66 bits per heavy atom. The Labute approximate surface area is 175 Å². The molecule has 1 atom stereocenters. The summed E-state index contributed by atoms with van der Waals surface area (Å²) in [4.78, 5) is 15.1. The van der Waals surface area contributed by atoms with E-state index in [0.29, 0.717) is 11.6 Å². The van der Waals surface area contributed by atoms with Gasteiger partial charge in [0.05, 0.1) is 22.9 Å². The van der Waals surface area contributed by atoms with Gasteiger partial charge < -0.3 is 4.90 Å². The van der Waals surface area contributed by atoms with Gasteiger partial charge in [-0.1, -0.05) is 42.8 Å². The highest BCUT2D eigenvalue weighted by Crippen LogP contribution is 2.30. The van der Waals surface area contributed by atoms with Crippen molar-refractivity contribution in [1.82, 2.24) is 19.7 Å². The number of rotatable bonds is 6. The number of nitrogens with zero attached hydrogens (tertiary/aromatic N) is 4. The molecule has 1 aliphatic heterocycles. The molecule has 1 saturated heterocycles. The third-order valence-electron chi connectivity index (χ3n) is 5.82. The highest BCUT2D eigenvalue weighted by atomic mass is 32.2. The summed E-state index contributed by atoms with van der Waals surface area (Å²) in [5.74, 6) is 0.517. The molecular formula is C20H26N4O3S2. The Morgan fingerprint density at radius 2 is 1.97 bits per heavy atom. The topological polar surface area (TPSA) is 85.2 Å². The second-order valence-electron chi connectivity index (χ2n) is 7.85. The van der Waals surface area contributed by atoms with Gasteiger partial charge in [-0.25, -0.2) is 8.42 Å². The van der Waals surface area contributed by atoms with Crippen molar-refractivity contribution in [1.29, 1.82) is 0 Å². The minimum atomic E-state index is -3.04. The fourth-order valence-electron chi connectivity index (χ4n) is 4.41. The van der Waals surface area contributed by atoms with Gasteiger partial charge in [0.1, 0.15) is 6.33 Å². The minimum absolute atomic E-state index is 0.00309. The lowest BCUT2D eigenvalue weighted by molar-refractivity contribution is -0.132. The van der Waals surface area contributed by atoms with Gasteiger partial charge in [0.25, 0.3) is 0 Å². The lowest BCUT2D eigenvalue weighted by Crippen LogP contribution is -2.47. The maximum atomic E-state index is 13.2. The number of amides is 1. The van der Waals surface area contributed by atoms with Crippen molar-refractivity contribution in [3.8, 4) is 5.69 Å². The number of carbonyl (C=O) groups excluding carboxylic acids is 1. The summed E-state index contributed by atoms with van der Waals surface area (Å²) in [6.07, 6.45) is 6.34. The van der Waals surface area contributed by atoms with E-state index in [4.69, 9.17) is 0 Å². The van der Waals surface area contributed by atoms with Crippen molar-refractivity contribution in [2.24, 2.45) is 0 Å². The van der Waals surface area contributed by atoms with Crippen LogP contribution >= 0.6 is 11.8 Å². The average molecular weight is 435 g/mol. The monoisotopic (exact) mass is 434 g/mol. The summed E-state index contributed by atoms with van der Waals surface area (Å²) in [5.41, 5.74) is 2.09. The predicted octanol–water partition coefficient (Wildman–Crippen LogP) is 2.63. The van der Waals surface area contributed by atoms with Gasteiger partial charge in [0.2, 0.25) is 5.91 Å². The number of aryl methyl sites for hydroxylation is 1. The van der Waals surface area contributed by atoms with E-state index in [1.165, 1.54) is 11.8 Å². The standard InChI is InChI=1S/C20H26N4O3S2/c1-15-6-2-5-9-18(15)23-14-21-22-20(23)28-12-19(25)24(16-7-3-4-8-16)17-10-11-29(26,27)13-17/h2,5-6,9,14,16-17H,3-4,7-8,10-13H2,1H3/t17-/m0/s1. The Hall–Kier alpha value is -1.87. The van der Waals surface area contributed by atoms with Gasteiger partial charge >= 0.3 is 0 Å². The van der Waals surface area contributed by atoms with Crippen LogP contribution < -0.4 is 0 Å². The number of aromatic nitrogens is 3. The summed E-state index contributed by atoms with van der Waals surface area (Å²) in [7, 11) is -3.04. The van der Waals surface area contributed by atoms with E-state index in [1.54, 1.807) is 6.33 Å². The fourth-order valence-corrected chi connectivity index (χ4v) is 6.91. The number of hydrogen-bond acceptors (Lipinski definition) is 6. The molecule has 0 radical (unpaired) electrons. The normalized spacial score (nSPS) is 21.5. The van der Waals surface area contributed by atoms with Crippen LogP contribution in [0.1, 0.15) is 37.7 Å². The molecule has 2 aromatic rings. The first-order chi connectivity index (χ1) is 13.9. The van der Waals surface area contributed by atoms with Gasteiger partial charge in [-0.3, -0.25) is 9.36 Å². The summed E-state index contributed by atoms with van der Waals surface area (Å²) < 4.78 is 25.9. The number of carbonyl (C=O) groups is 1. The number of thioether (sulfide) groups is 1. The lowest BCUT2D eigenvalue weighted by atomic mass is 10.1. The van der Waals surface area contributed by atoms with Crippen LogP contribution in [0.2, 0.25) is 0 Å². The molecule has 0 bridgehead atoms. The number of benzene rings is 1. The number of sulfone groups is 1. The van der Waals surface area contributed by atoms with Crippen molar-refractivity contribution < 1.29 is 13.2 Å². The molecule has 2 fully saturated rings. The van der Waals surface area contributed by atoms with Crippen molar-refractivity contribution >= 4 is 27.5 Å². The Bertz CT molecular complexity index is 983. The van der Waals surface area contributed by atoms with Crippen LogP contribution in [0.5, 0.6) is 0 Å². The van der Waals surface area contributed by atoms with E-state index in [1.807, 2.05) is 40.7 Å². The predicted molar refractivity (Wildman–Crippen MR) is 113 cm³/mol. The van der Waals surface area contributed by atoms with Gasteiger partial charge in [-0.15, -0.1) is 10.2 Å². The maximum absolute atomic E-state index is 13.2. The molecule has 1 amide bonds. The lowest BCUT2D eigenvalue weighted by Gasteiger charge is -2.34. The SMILES string of the molecule is Cc1ccccc1-n1cnnc1SCC(=O)N(C1CCCC1)[C@H]1CCS(=O)(=O)C1. The van der Waals surface area contributed by atoms with E-state index in [9.17, 15) is 13.2 Å². The zero-order chi connectivity index (χ0) is 20.4. The maximum Gasteiger partial charge on any atom is 0.233 e. The molecule has 1 aromatic heterocycles. The van der Waals surface area contributed by atoms with Crippen LogP contribution in [0.4, 0.5) is 0 Å². The van der Waals surface area contributed by atoms with Crippen LogP contribution in [0.25, 0.3) is 5.69 Å². The molecule has 1 saturated carbocycles. The Balaban J connectivity index is 1.49. The molecule has 1 aromatic carbocycles. The summed E-state index contributed by atoms with van der Waals surface area (Å²) in [5, 5.41) is 8.88. The fraction of sp³-hybridized carbons (Fsp3) is 0.550. The van der Waals surface area contributed by atoms with Crippen LogP contribution in [-0.4, -0.2) is 63.3 Å². The average Bonchev–Trinajstić information content (AvgIpc) is 3.42. The molecule has 9 heteroatoms. The molecule has 0 spiro atoms. The Kier molecular flexibility index (Phi) is 5.96. The van der Waals surface area contributed by atoms with Crippen LogP contribution in [0, 0.1) is 6.92 Å². The second-order valence-corrected chi connectivity index (χ2v) is 11.0. The zero-order valence-corrected chi connectivity index (χ0v) is 18.2. The first kappa shape index (κ1) is 20.4. The molecular weight excluding hydrogens is 408 g/mol. The molecule has 2 aliphatic rings. The minimum Gasteiger partial charge on any atom is -0.335 e. The third-order valence-corrected chi connectivity index (χ3v) is 8.50. The van der Waals surface area contributed by atoms with Crippen molar-refractivity contribution in [3.05, 3.63) is 36.2 Å². The van der Waals surface area contributed by atoms with Crippen molar-refractivity contribution in [3.63, 3.8) is 0 Å². The Morgan fingerprint density at radius 1 is 1.21 bits per heavy atom. The summed E-state index contributed by atoms with van der Waals surface area (Å²) in [6.45, 7) is 2.03. The number of hydrogen-bond donors (Lipinski definition) is 0. The van der Waals surface area contributed by atoms with Gasteiger partial charge in [-0.2, -0.15) is 0 Å². The van der Waals surface area contributed by atoms with E-state index in [2.05, 4.69) is 10.2 Å². The smallest absolute Gasteiger partial charge is 0.233 e. The van der Waals surface area contributed by atoms with Crippen LogP contribution in [-0.2, 0) is 14.6 Å². The molecule has 2 heterocycles. The van der Waals surface area contributed by atoms with E-state index in [0.717, 1.165) is 36.9 Å². The number of para-hydroxylation sites is 1. The van der Waals surface area contributed by atoms with Gasteiger partial charge in [0.15, 0.2) is 15.0 Å². The first-order valence-corrected chi connectivity index (χ1v) is 12.9. The molecule has 156 valence electrons. The molecule has 1 aliphatic carbocycles. The molecule has 7 nitrogen and oxygen atoms in total. The van der Waals surface area contributed by atoms with E-state index >= 15 is 0 Å². The summed E-state index contributed by atoms with van der Waals surface area (Å²) in [6, 6.07) is 7.94. The molecule has 29 heavy (non-hydrogen) atoms. The summed E-state index contributed by atoms with van der Waals surface area (Å²) >= 11 is 1.36. The molecule has 0 unspecified atom stereocenters. The van der Waals surface area contributed by atoms with Gasteiger partial charge in [0, 0.05) is 12.1 Å². The highest BCUT2D eigenvalue weighted by Gasteiger charge is 2.38. The highest BCUT2D eigenvalue weighted by molar-refractivity contribution is 7.99. The van der Waals surface area contributed by atoms with E-state index < -0.39 is 9.84 Å². The quantitative estimate of drug-likeness (QED) is 0.650. The van der Waals surface area contributed by atoms with Crippen molar-refractivity contribution in [2.75, 3.05) is 17.3 Å². The van der Waals surface area contributed by atoms with Gasteiger partial charge in [-0.05, 0) is 37.8 Å². The molecule has 0 N–H and O–H groups in total. The third kappa shape index (κ3) is 4.50.